The average molecular weight is 332 g/mol. The minimum Gasteiger partial charge on any atom is -0.365 e. The number of hydrogen-bond donors (Lipinski definition) is 2. The highest BCUT2D eigenvalue weighted by Crippen LogP contribution is 2.28. The summed E-state index contributed by atoms with van der Waals surface area (Å²) < 4.78 is 0. The fourth-order valence-electron chi connectivity index (χ4n) is 3.29. The first-order valence-electron chi connectivity index (χ1n) is 9.32. The van der Waals surface area contributed by atoms with Crippen LogP contribution in [-0.2, 0) is 6.42 Å². The molecule has 0 bridgehead atoms. The first-order chi connectivity index (χ1) is 11.4. The highest BCUT2D eigenvalue weighted by molar-refractivity contribution is 5.93. The normalized spacial score (nSPS) is 22.4. The van der Waals surface area contributed by atoms with Crippen molar-refractivity contribution in [1.82, 2.24) is 9.97 Å². The van der Waals surface area contributed by atoms with Gasteiger partial charge >= 0.3 is 0 Å². The van der Waals surface area contributed by atoms with Crippen LogP contribution in [0.3, 0.4) is 0 Å². The molecule has 1 aliphatic carbocycles. The molecule has 3 N–H and O–H groups in total. The fraction of sp³-hybridized carbons (Fsp3) is 0.737. The lowest BCUT2D eigenvalue weighted by molar-refractivity contribution is 0.0998. The molecular formula is C19H32N4O. The second kappa shape index (κ2) is 8.45. The van der Waals surface area contributed by atoms with Gasteiger partial charge in [0.2, 0.25) is 5.95 Å². The average Bonchev–Trinajstić information content (AvgIpc) is 2.55. The zero-order valence-corrected chi connectivity index (χ0v) is 15.5. The maximum absolute atomic E-state index is 11.7. The third-order valence-electron chi connectivity index (χ3n) is 5.54. The number of nitrogens with zero attached hydrogens (tertiary/aromatic N) is 2. The lowest BCUT2D eigenvalue weighted by atomic mass is 9.84. The molecule has 5 nitrogen and oxygen atoms in total. The topological polar surface area (TPSA) is 80.9 Å². The number of carbonyl (C=O) groups excluding carboxylic acids is 1. The summed E-state index contributed by atoms with van der Waals surface area (Å²) in [5.41, 5.74) is 6.71. The van der Waals surface area contributed by atoms with E-state index < -0.39 is 5.91 Å². The van der Waals surface area contributed by atoms with Crippen molar-refractivity contribution in [3.8, 4) is 0 Å². The molecule has 0 saturated heterocycles. The molecule has 0 aromatic carbocycles. The Bertz CT molecular complexity index is 550. The van der Waals surface area contributed by atoms with Crippen molar-refractivity contribution >= 4 is 11.9 Å². The molecular weight excluding hydrogens is 300 g/mol. The number of anilines is 1. The van der Waals surface area contributed by atoms with E-state index in [4.69, 9.17) is 5.73 Å². The quantitative estimate of drug-likeness (QED) is 0.796. The van der Waals surface area contributed by atoms with Gasteiger partial charge in [0.15, 0.2) is 0 Å². The van der Waals surface area contributed by atoms with Crippen LogP contribution in [0.4, 0.5) is 5.95 Å². The van der Waals surface area contributed by atoms with Crippen LogP contribution < -0.4 is 11.1 Å². The Morgan fingerprint density at radius 2 is 1.96 bits per heavy atom. The summed E-state index contributed by atoms with van der Waals surface area (Å²) in [6, 6.07) is 0.433. The lowest BCUT2D eigenvalue weighted by Gasteiger charge is -2.28. The summed E-state index contributed by atoms with van der Waals surface area (Å²) in [6.07, 6.45) is 8.46. The molecule has 1 saturated carbocycles. The van der Waals surface area contributed by atoms with Crippen LogP contribution in [0.5, 0.6) is 0 Å². The van der Waals surface area contributed by atoms with Crippen LogP contribution in [-0.4, -0.2) is 21.9 Å². The largest absolute Gasteiger partial charge is 0.365 e. The Hall–Kier alpha value is -1.65. The summed E-state index contributed by atoms with van der Waals surface area (Å²) in [6.45, 7) is 8.81. The van der Waals surface area contributed by atoms with Crippen molar-refractivity contribution in [1.29, 1.82) is 0 Å². The van der Waals surface area contributed by atoms with Gasteiger partial charge in [0.1, 0.15) is 0 Å². The second-order valence-corrected chi connectivity index (χ2v) is 7.61. The van der Waals surface area contributed by atoms with Gasteiger partial charge in [-0.3, -0.25) is 4.79 Å². The van der Waals surface area contributed by atoms with E-state index in [0.29, 0.717) is 29.4 Å². The van der Waals surface area contributed by atoms with Gasteiger partial charge in [-0.05, 0) is 49.9 Å². The number of hydrogen-bond acceptors (Lipinski definition) is 4. The summed E-state index contributed by atoms with van der Waals surface area (Å²) in [7, 11) is 0. The van der Waals surface area contributed by atoms with Gasteiger partial charge < -0.3 is 11.1 Å². The van der Waals surface area contributed by atoms with Gasteiger partial charge in [0.25, 0.3) is 5.91 Å². The molecule has 0 spiro atoms. The standard InChI is InChI=1S/C19H32N4O/c1-5-14-6-8-15(9-7-14)22-19-21-11-16(18(20)24)17(23-19)10-13(4)12(2)3/h11-15H,5-10H2,1-4H3,(H2,20,24)(H,21,22,23)/t13-,14?,15?/m1/s1. The van der Waals surface area contributed by atoms with E-state index in [-0.39, 0.29) is 0 Å². The zero-order valence-electron chi connectivity index (χ0n) is 15.5. The van der Waals surface area contributed by atoms with Gasteiger partial charge in [-0.25, -0.2) is 9.97 Å². The van der Waals surface area contributed by atoms with E-state index in [9.17, 15) is 4.79 Å². The van der Waals surface area contributed by atoms with Crippen LogP contribution in [0.1, 0.15) is 75.9 Å². The van der Waals surface area contributed by atoms with Gasteiger partial charge in [0, 0.05) is 12.2 Å². The van der Waals surface area contributed by atoms with E-state index in [2.05, 4.69) is 43.0 Å². The van der Waals surface area contributed by atoms with Crippen molar-refractivity contribution in [2.45, 2.75) is 72.3 Å². The van der Waals surface area contributed by atoms with Crippen molar-refractivity contribution < 1.29 is 4.79 Å². The Kier molecular flexibility index (Phi) is 6.58. The number of primary amides is 1. The number of carbonyl (C=O) groups is 1. The Balaban J connectivity index is 2.09. The first-order valence-corrected chi connectivity index (χ1v) is 9.32. The van der Waals surface area contributed by atoms with Crippen molar-refractivity contribution in [3.63, 3.8) is 0 Å². The highest BCUT2D eigenvalue weighted by Gasteiger charge is 2.22. The summed E-state index contributed by atoms with van der Waals surface area (Å²) in [5, 5.41) is 3.46. The van der Waals surface area contributed by atoms with Crippen LogP contribution in [0.2, 0.25) is 0 Å². The summed E-state index contributed by atoms with van der Waals surface area (Å²) in [4.78, 5) is 20.6. The molecule has 1 heterocycles. The minimum atomic E-state index is -0.448. The van der Waals surface area contributed by atoms with E-state index >= 15 is 0 Å². The molecule has 1 aromatic heterocycles. The van der Waals surface area contributed by atoms with Gasteiger partial charge in [-0.15, -0.1) is 0 Å². The molecule has 1 aliphatic rings. The van der Waals surface area contributed by atoms with Crippen molar-refractivity contribution in [2.75, 3.05) is 5.32 Å². The molecule has 0 radical (unpaired) electrons. The molecule has 1 aromatic rings. The Morgan fingerprint density at radius 3 is 2.50 bits per heavy atom. The number of aromatic nitrogens is 2. The third-order valence-corrected chi connectivity index (χ3v) is 5.54. The molecule has 1 fully saturated rings. The van der Waals surface area contributed by atoms with Crippen LogP contribution >= 0.6 is 0 Å². The maximum Gasteiger partial charge on any atom is 0.252 e. The molecule has 24 heavy (non-hydrogen) atoms. The number of rotatable bonds is 7. The van der Waals surface area contributed by atoms with E-state index in [0.717, 1.165) is 30.9 Å². The monoisotopic (exact) mass is 332 g/mol. The highest BCUT2D eigenvalue weighted by atomic mass is 16.1. The molecule has 0 aliphatic heterocycles. The zero-order chi connectivity index (χ0) is 17.7. The van der Waals surface area contributed by atoms with Crippen molar-refractivity contribution in [2.24, 2.45) is 23.5 Å². The first kappa shape index (κ1) is 18.7. The maximum atomic E-state index is 11.7. The molecule has 0 unspecified atom stereocenters. The van der Waals surface area contributed by atoms with Gasteiger partial charge in [-0.2, -0.15) is 0 Å². The van der Waals surface area contributed by atoms with E-state index in [1.807, 2.05) is 0 Å². The number of nitrogens with one attached hydrogen (secondary N) is 1. The summed E-state index contributed by atoms with van der Waals surface area (Å²) >= 11 is 0. The van der Waals surface area contributed by atoms with Crippen LogP contribution in [0.25, 0.3) is 0 Å². The molecule has 1 atom stereocenters. The number of nitrogens with two attached hydrogens (primary N) is 1. The summed E-state index contributed by atoms with van der Waals surface area (Å²) in [5.74, 6) is 2.01. The number of amides is 1. The van der Waals surface area contributed by atoms with E-state index in [1.54, 1.807) is 6.20 Å². The Morgan fingerprint density at radius 1 is 1.29 bits per heavy atom. The molecule has 1 amide bonds. The van der Waals surface area contributed by atoms with Gasteiger partial charge in [-0.1, -0.05) is 34.1 Å². The molecule has 2 rings (SSSR count). The van der Waals surface area contributed by atoms with E-state index in [1.165, 1.54) is 19.3 Å². The predicted molar refractivity (Wildman–Crippen MR) is 97.9 cm³/mol. The minimum absolute atomic E-state index is 0.433. The smallest absolute Gasteiger partial charge is 0.252 e. The Labute approximate surface area is 145 Å². The molecule has 134 valence electrons. The van der Waals surface area contributed by atoms with Gasteiger partial charge in [0.05, 0.1) is 11.3 Å². The van der Waals surface area contributed by atoms with Crippen LogP contribution in [0.15, 0.2) is 6.20 Å². The SMILES string of the molecule is CCC1CCC(Nc2ncc(C(N)=O)c(C[C@@H](C)C(C)C)n2)CC1. The predicted octanol–water partition coefficient (Wildman–Crippen LogP) is 3.79. The second-order valence-electron chi connectivity index (χ2n) is 7.61. The molecule has 5 heteroatoms. The fourth-order valence-corrected chi connectivity index (χ4v) is 3.29. The lowest BCUT2D eigenvalue weighted by Crippen LogP contribution is -2.27. The van der Waals surface area contributed by atoms with Crippen LogP contribution in [0, 0.1) is 17.8 Å². The van der Waals surface area contributed by atoms with Crippen molar-refractivity contribution in [3.05, 3.63) is 17.5 Å². The third kappa shape index (κ3) is 4.92.